The molecule has 18 heavy (non-hydrogen) atoms. The van der Waals surface area contributed by atoms with Gasteiger partial charge in [-0.05, 0) is 32.3 Å². The fourth-order valence-corrected chi connectivity index (χ4v) is 1.71. The predicted octanol–water partition coefficient (Wildman–Crippen LogP) is 1.21. The second kappa shape index (κ2) is 6.96. The van der Waals surface area contributed by atoms with Gasteiger partial charge in [0.1, 0.15) is 0 Å². The Morgan fingerprint density at radius 3 is 2.83 bits per heavy atom. The lowest BCUT2D eigenvalue weighted by Crippen LogP contribution is -2.28. The lowest BCUT2D eigenvalue weighted by molar-refractivity contribution is 0.0791. The molecule has 0 bridgehead atoms. The number of nitrogens with zero attached hydrogens (tertiary/aromatic N) is 2. The number of pyridine rings is 1. The maximum absolute atomic E-state index is 12.2. The van der Waals surface area contributed by atoms with Crippen molar-refractivity contribution in [2.75, 3.05) is 25.9 Å². The molecule has 1 amide bonds. The van der Waals surface area contributed by atoms with Crippen LogP contribution in [-0.2, 0) is 0 Å². The van der Waals surface area contributed by atoms with Crippen LogP contribution in [0.15, 0.2) is 12.3 Å². The van der Waals surface area contributed by atoms with E-state index in [4.69, 9.17) is 10.8 Å². The average Bonchev–Trinajstić information content (AvgIpc) is 2.36. The molecular weight excluding hydrogens is 230 g/mol. The summed E-state index contributed by atoms with van der Waals surface area (Å²) in [7, 11) is 1.77. The third-order valence-electron chi connectivity index (χ3n) is 2.84. The van der Waals surface area contributed by atoms with Crippen molar-refractivity contribution in [3.8, 4) is 0 Å². The van der Waals surface area contributed by atoms with E-state index in [-0.39, 0.29) is 12.5 Å². The highest BCUT2D eigenvalue weighted by Gasteiger charge is 2.14. The third kappa shape index (κ3) is 4.00. The van der Waals surface area contributed by atoms with E-state index in [0.29, 0.717) is 23.5 Å². The first-order valence-corrected chi connectivity index (χ1v) is 6.14. The number of rotatable bonds is 6. The number of amides is 1. The van der Waals surface area contributed by atoms with Crippen LogP contribution in [-0.4, -0.2) is 41.1 Å². The molecule has 0 aliphatic carbocycles. The molecule has 0 aliphatic heterocycles. The van der Waals surface area contributed by atoms with E-state index in [9.17, 15) is 4.79 Å². The highest BCUT2D eigenvalue weighted by molar-refractivity contribution is 5.95. The molecule has 1 aromatic rings. The largest absolute Gasteiger partial charge is 0.397 e. The lowest BCUT2D eigenvalue weighted by Gasteiger charge is -2.18. The van der Waals surface area contributed by atoms with Crippen LogP contribution in [0.1, 0.15) is 35.3 Å². The highest BCUT2D eigenvalue weighted by Crippen LogP contribution is 2.12. The Hall–Kier alpha value is -1.62. The number of hydrogen-bond acceptors (Lipinski definition) is 4. The van der Waals surface area contributed by atoms with E-state index >= 15 is 0 Å². The Morgan fingerprint density at radius 2 is 2.17 bits per heavy atom. The molecule has 0 atom stereocenters. The van der Waals surface area contributed by atoms with Crippen molar-refractivity contribution >= 4 is 11.6 Å². The number of hydrogen-bond donors (Lipinski definition) is 2. The molecule has 5 nitrogen and oxygen atoms in total. The number of unbranched alkanes of at least 4 members (excludes halogenated alkanes) is 2. The minimum atomic E-state index is -0.0590. The van der Waals surface area contributed by atoms with Crippen LogP contribution in [0.4, 0.5) is 5.69 Å². The Bertz CT molecular complexity index is 407. The van der Waals surface area contributed by atoms with Crippen molar-refractivity contribution in [1.82, 2.24) is 9.88 Å². The highest BCUT2D eigenvalue weighted by atomic mass is 16.2. The van der Waals surface area contributed by atoms with Gasteiger partial charge in [0.05, 0.1) is 23.1 Å². The van der Waals surface area contributed by atoms with Gasteiger partial charge in [-0.2, -0.15) is 0 Å². The summed E-state index contributed by atoms with van der Waals surface area (Å²) in [6.45, 7) is 2.68. The summed E-state index contributed by atoms with van der Waals surface area (Å²) in [5.74, 6) is -0.0590. The normalized spacial score (nSPS) is 10.4. The van der Waals surface area contributed by atoms with Crippen molar-refractivity contribution in [3.63, 3.8) is 0 Å². The molecule has 1 aromatic heterocycles. The Labute approximate surface area is 108 Å². The second-order valence-corrected chi connectivity index (χ2v) is 4.41. The molecule has 1 heterocycles. The summed E-state index contributed by atoms with van der Waals surface area (Å²) in [5, 5.41) is 8.68. The number of anilines is 1. The van der Waals surface area contributed by atoms with Crippen molar-refractivity contribution in [2.45, 2.75) is 26.2 Å². The van der Waals surface area contributed by atoms with E-state index in [1.807, 2.05) is 0 Å². The summed E-state index contributed by atoms with van der Waals surface area (Å²) >= 11 is 0. The minimum Gasteiger partial charge on any atom is -0.397 e. The number of carbonyl (C=O) groups excluding carboxylic acids is 1. The molecule has 0 saturated carbocycles. The maximum atomic E-state index is 12.2. The monoisotopic (exact) mass is 251 g/mol. The van der Waals surface area contributed by atoms with Gasteiger partial charge in [-0.1, -0.05) is 0 Å². The van der Waals surface area contributed by atoms with Crippen molar-refractivity contribution in [2.24, 2.45) is 0 Å². The van der Waals surface area contributed by atoms with Gasteiger partial charge in [0, 0.05) is 20.2 Å². The zero-order valence-electron chi connectivity index (χ0n) is 11.0. The molecule has 100 valence electrons. The zero-order valence-corrected chi connectivity index (χ0v) is 11.0. The number of nitrogens with two attached hydrogens (primary N) is 1. The number of aromatic nitrogens is 1. The molecule has 0 aliphatic rings. The SMILES string of the molecule is Cc1ncc(N)cc1C(=O)N(C)CCCCCO. The van der Waals surface area contributed by atoms with Crippen molar-refractivity contribution in [1.29, 1.82) is 0 Å². The summed E-state index contributed by atoms with van der Waals surface area (Å²) in [6.07, 6.45) is 4.13. The first kappa shape index (κ1) is 14.4. The number of carbonyl (C=O) groups is 1. The average molecular weight is 251 g/mol. The summed E-state index contributed by atoms with van der Waals surface area (Å²) in [5.41, 5.74) is 7.39. The molecule has 0 spiro atoms. The fourth-order valence-electron chi connectivity index (χ4n) is 1.71. The predicted molar refractivity (Wildman–Crippen MR) is 71.3 cm³/mol. The minimum absolute atomic E-state index is 0.0590. The van der Waals surface area contributed by atoms with Gasteiger partial charge in [0.15, 0.2) is 0 Å². The van der Waals surface area contributed by atoms with Crippen LogP contribution >= 0.6 is 0 Å². The summed E-state index contributed by atoms with van der Waals surface area (Å²) in [4.78, 5) is 17.9. The van der Waals surface area contributed by atoms with E-state index in [1.165, 1.54) is 0 Å². The Balaban J connectivity index is 2.60. The van der Waals surface area contributed by atoms with E-state index < -0.39 is 0 Å². The molecule has 5 heteroatoms. The Kier molecular flexibility index (Phi) is 5.58. The zero-order chi connectivity index (χ0) is 13.5. The molecule has 1 rings (SSSR count). The van der Waals surface area contributed by atoms with Gasteiger partial charge >= 0.3 is 0 Å². The molecular formula is C13H21N3O2. The standard InChI is InChI=1S/C13H21N3O2/c1-10-12(8-11(14)9-15-10)13(18)16(2)6-4-3-5-7-17/h8-9,17H,3-7,14H2,1-2H3. The van der Waals surface area contributed by atoms with E-state index in [2.05, 4.69) is 4.98 Å². The summed E-state index contributed by atoms with van der Waals surface area (Å²) in [6, 6.07) is 1.66. The molecule has 0 unspecified atom stereocenters. The van der Waals surface area contributed by atoms with Crippen LogP contribution < -0.4 is 5.73 Å². The van der Waals surface area contributed by atoms with Crippen LogP contribution in [0.3, 0.4) is 0 Å². The van der Waals surface area contributed by atoms with Crippen LogP contribution in [0.5, 0.6) is 0 Å². The third-order valence-corrected chi connectivity index (χ3v) is 2.84. The van der Waals surface area contributed by atoms with Crippen molar-refractivity contribution in [3.05, 3.63) is 23.5 Å². The Morgan fingerprint density at radius 1 is 1.44 bits per heavy atom. The van der Waals surface area contributed by atoms with Gasteiger partial charge < -0.3 is 15.7 Å². The quantitative estimate of drug-likeness (QED) is 0.745. The van der Waals surface area contributed by atoms with Gasteiger partial charge in [-0.25, -0.2) is 0 Å². The van der Waals surface area contributed by atoms with E-state index in [1.54, 1.807) is 31.1 Å². The number of nitrogen functional groups attached to an aromatic ring is 1. The van der Waals surface area contributed by atoms with Gasteiger partial charge in [0.2, 0.25) is 0 Å². The number of aryl methyl sites for hydroxylation is 1. The molecule has 0 radical (unpaired) electrons. The first-order valence-electron chi connectivity index (χ1n) is 6.14. The van der Waals surface area contributed by atoms with Crippen molar-refractivity contribution < 1.29 is 9.90 Å². The van der Waals surface area contributed by atoms with E-state index in [0.717, 1.165) is 19.3 Å². The van der Waals surface area contributed by atoms with Gasteiger partial charge in [-0.3, -0.25) is 9.78 Å². The maximum Gasteiger partial charge on any atom is 0.255 e. The van der Waals surface area contributed by atoms with Crippen LogP contribution in [0, 0.1) is 6.92 Å². The van der Waals surface area contributed by atoms with Gasteiger partial charge in [-0.15, -0.1) is 0 Å². The smallest absolute Gasteiger partial charge is 0.255 e. The molecule has 3 N–H and O–H groups in total. The fraction of sp³-hybridized carbons (Fsp3) is 0.538. The first-order chi connectivity index (χ1) is 8.56. The second-order valence-electron chi connectivity index (χ2n) is 4.41. The topological polar surface area (TPSA) is 79.5 Å². The van der Waals surface area contributed by atoms with Crippen LogP contribution in [0.25, 0.3) is 0 Å². The number of aliphatic hydroxyl groups is 1. The molecule has 0 saturated heterocycles. The summed E-state index contributed by atoms with van der Waals surface area (Å²) < 4.78 is 0. The van der Waals surface area contributed by atoms with Crippen LogP contribution in [0.2, 0.25) is 0 Å². The molecule has 0 fully saturated rings. The van der Waals surface area contributed by atoms with Gasteiger partial charge in [0.25, 0.3) is 5.91 Å². The lowest BCUT2D eigenvalue weighted by atomic mass is 10.1. The molecule has 0 aromatic carbocycles. The number of aliphatic hydroxyl groups excluding tert-OH is 1.